The standard InChI is InChI=1S/C33H32N4O/c1-23-12-15-28(21-31(23)34-24(2)32-29-10-4-3-5-11-30(29)35-33(32)38)37-18-16-36(17-19-37)22-25-13-14-26-8-6-7-9-27(26)20-25/h3-15,20-21H,16-19,22H2,1-2H3,(H,35,38)/b34-24+. The van der Waals surface area contributed by atoms with Gasteiger partial charge >= 0.3 is 0 Å². The third-order valence-corrected chi connectivity index (χ3v) is 7.58. The van der Waals surface area contributed by atoms with Crippen molar-refractivity contribution in [3.05, 3.63) is 118 Å². The molecule has 38 heavy (non-hydrogen) atoms. The molecule has 2 aliphatic heterocycles. The number of nitrogens with zero attached hydrogens (tertiary/aromatic N) is 3. The van der Waals surface area contributed by atoms with Gasteiger partial charge in [0.05, 0.1) is 17.0 Å². The van der Waals surface area contributed by atoms with Crippen LogP contribution in [0.2, 0.25) is 0 Å². The van der Waals surface area contributed by atoms with E-state index >= 15 is 0 Å². The van der Waals surface area contributed by atoms with E-state index in [9.17, 15) is 4.79 Å². The van der Waals surface area contributed by atoms with Crippen molar-refractivity contribution >= 4 is 27.9 Å². The van der Waals surface area contributed by atoms with Gasteiger partial charge < -0.3 is 9.88 Å². The van der Waals surface area contributed by atoms with Crippen molar-refractivity contribution in [2.75, 3.05) is 31.1 Å². The summed E-state index contributed by atoms with van der Waals surface area (Å²) in [5.41, 5.74) is 7.56. The van der Waals surface area contributed by atoms with Gasteiger partial charge in [0.25, 0.3) is 5.56 Å². The summed E-state index contributed by atoms with van der Waals surface area (Å²) < 4.78 is 0. The largest absolute Gasteiger partial charge is 0.369 e. The number of anilines is 1. The van der Waals surface area contributed by atoms with Gasteiger partial charge in [0, 0.05) is 49.7 Å². The summed E-state index contributed by atoms with van der Waals surface area (Å²) in [4.78, 5) is 25.6. The molecule has 190 valence electrons. The Kier molecular flexibility index (Phi) is 6.52. The monoisotopic (exact) mass is 500 g/mol. The molecular weight excluding hydrogens is 468 g/mol. The van der Waals surface area contributed by atoms with Gasteiger partial charge in [-0.2, -0.15) is 0 Å². The summed E-state index contributed by atoms with van der Waals surface area (Å²) >= 11 is 0. The third kappa shape index (κ3) is 4.85. The number of nitrogens with one attached hydrogen (secondary N) is 1. The van der Waals surface area contributed by atoms with Crippen LogP contribution >= 0.6 is 0 Å². The van der Waals surface area contributed by atoms with Crippen LogP contribution in [0.1, 0.15) is 23.6 Å². The first-order valence-corrected chi connectivity index (χ1v) is 13.3. The summed E-state index contributed by atoms with van der Waals surface area (Å²) in [7, 11) is 0. The zero-order chi connectivity index (χ0) is 26.1. The minimum absolute atomic E-state index is 0.0937. The molecule has 0 unspecified atom stereocenters. The molecule has 5 nitrogen and oxygen atoms in total. The highest BCUT2D eigenvalue weighted by atomic mass is 16.1. The molecule has 3 aromatic rings. The van der Waals surface area contributed by atoms with E-state index in [1.165, 1.54) is 22.0 Å². The zero-order valence-electron chi connectivity index (χ0n) is 21.9. The first-order valence-electron chi connectivity index (χ1n) is 13.3. The second-order valence-electron chi connectivity index (χ2n) is 10.2. The molecule has 0 radical (unpaired) electrons. The highest BCUT2D eigenvalue weighted by molar-refractivity contribution is 6.05. The molecule has 1 fully saturated rings. The van der Waals surface area contributed by atoms with Crippen molar-refractivity contribution in [1.82, 2.24) is 9.88 Å². The average molecular weight is 501 g/mol. The van der Waals surface area contributed by atoms with Crippen molar-refractivity contribution in [3.63, 3.8) is 0 Å². The molecule has 1 N–H and O–H groups in total. The van der Waals surface area contributed by atoms with Crippen LogP contribution < -0.4 is 10.5 Å². The normalized spacial score (nSPS) is 14.9. The zero-order valence-corrected chi connectivity index (χ0v) is 21.9. The maximum atomic E-state index is 12.7. The fraction of sp³-hybridized carbons (Fsp3) is 0.212. The van der Waals surface area contributed by atoms with Crippen molar-refractivity contribution in [2.45, 2.75) is 20.4 Å². The van der Waals surface area contributed by atoms with E-state index in [2.05, 4.69) is 82.4 Å². The SMILES string of the molecule is C/C(=N\c1cc(N2CCN(Cc3ccc4ccccc4c3)CC2)ccc1C)c1c2cccccc-2[nH]c1=O. The van der Waals surface area contributed by atoms with Gasteiger partial charge in [0.15, 0.2) is 0 Å². The first-order chi connectivity index (χ1) is 18.5. The van der Waals surface area contributed by atoms with Crippen LogP contribution in [0.25, 0.3) is 22.0 Å². The number of hydrogen-bond acceptors (Lipinski definition) is 4. The maximum Gasteiger partial charge on any atom is 0.258 e. The van der Waals surface area contributed by atoms with E-state index in [1.54, 1.807) is 0 Å². The van der Waals surface area contributed by atoms with Crippen LogP contribution in [0.4, 0.5) is 11.4 Å². The third-order valence-electron chi connectivity index (χ3n) is 7.58. The van der Waals surface area contributed by atoms with Gasteiger partial charge in [-0.1, -0.05) is 66.7 Å². The van der Waals surface area contributed by atoms with Crippen molar-refractivity contribution < 1.29 is 0 Å². The van der Waals surface area contributed by atoms with Crippen LogP contribution in [-0.4, -0.2) is 41.8 Å². The number of aromatic amines is 1. The van der Waals surface area contributed by atoms with Gasteiger partial charge in [0.2, 0.25) is 0 Å². The summed E-state index contributed by atoms with van der Waals surface area (Å²) in [6, 6.07) is 31.6. The van der Waals surface area contributed by atoms with Gasteiger partial charge in [-0.15, -0.1) is 0 Å². The first kappa shape index (κ1) is 24.1. The molecule has 5 heteroatoms. The number of fused-ring (bicyclic) bond motifs is 2. The minimum Gasteiger partial charge on any atom is -0.369 e. The van der Waals surface area contributed by atoms with E-state index in [4.69, 9.17) is 4.99 Å². The lowest BCUT2D eigenvalue weighted by atomic mass is 10.1. The number of piperazine rings is 1. The fourth-order valence-electron chi connectivity index (χ4n) is 5.45. The van der Waals surface area contributed by atoms with Gasteiger partial charge in [-0.3, -0.25) is 14.7 Å². The van der Waals surface area contributed by atoms with Crippen LogP contribution in [0.5, 0.6) is 0 Å². The molecule has 0 saturated carbocycles. The Morgan fingerprint density at radius 3 is 2.45 bits per heavy atom. The Bertz CT molecular complexity index is 1660. The summed E-state index contributed by atoms with van der Waals surface area (Å²) in [6.45, 7) is 8.96. The lowest BCUT2D eigenvalue weighted by Gasteiger charge is -2.36. The highest BCUT2D eigenvalue weighted by Crippen LogP contribution is 2.29. The van der Waals surface area contributed by atoms with Crippen molar-refractivity contribution in [1.29, 1.82) is 0 Å². The lowest BCUT2D eigenvalue weighted by Crippen LogP contribution is -2.45. The molecule has 6 rings (SSSR count). The second-order valence-corrected chi connectivity index (χ2v) is 10.2. The van der Waals surface area contributed by atoms with Crippen LogP contribution in [0.3, 0.4) is 0 Å². The van der Waals surface area contributed by atoms with E-state index in [-0.39, 0.29) is 5.56 Å². The Morgan fingerprint density at radius 1 is 0.842 bits per heavy atom. The average Bonchev–Trinajstić information content (AvgIpc) is 3.08. The molecule has 0 aromatic heterocycles. The number of aryl methyl sites for hydroxylation is 1. The van der Waals surface area contributed by atoms with Gasteiger partial charge in [0.1, 0.15) is 0 Å². The van der Waals surface area contributed by atoms with Gasteiger partial charge in [-0.05, 0) is 60.0 Å². The minimum atomic E-state index is -0.0937. The molecule has 0 atom stereocenters. The number of hydrogen-bond donors (Lipinski definition) is 1. The Balaban J connectivity index is 1.17. The van der Waals surface area contributed by atoms with E-state index < -0.39 is 0 Å². The topological polar surface area (TPSA) is 51.7 Å². The molecule has 1 aliphatic carbocycles. The number of H-pyrrole nitrogens is 1. The maximum absolute atomic E-state index is 12.7. The van der Waals surface area contributed by atoms with Crippen LogP contribution in [0, 0.1) is 6.92 Å². The molecule has 1 saturated heterocycles. The molecule has 2 heterocycles. The number of benzene rings is 3. The Labute approximate surface area is 223 Å². The lowest BCUT2D eigenvalue weighted by molar-refractivity contribution is 0.250. The van der Waals surface area contributed by atoms with Crippen LogP contribution in [-0.2, 0) is 6.54 Å². The molecular formula is C33H32N4O. The summed E-state index contributed by atoms with van der Waals surface area (Å²) in [5, 5.41) is 2.59. The second kappa shape index (κ2) is 10.3. The molecule has 3 aromatic carbocycles. The van der Waals surface area contributed by atoms with Gasteiger partial charge in [-0.25, -0.2) is 0 Å². The smallest absolute Gasteiger partial charge is 0.258 e. The molecule has 0 bridgehead atoms. The number of rotatable bonds is 5. The predicted molar refractivity (Wildman–Crippen MR) is 158 cm³/mol. The van der Waals surface area contributed by atoms with E-state index in [1.807, 2.05) is 37.3 Å². The Morgan fingerprint density at radius 2 is 1.61 bits per heavy atom. The van der Waals surface area contributed by atoms with Crippen molar-refractivity contribution in [3.8, 4) is 11.3 Å². The quantitative estimate of drug-likeness (QED) is 0.284. The summed E-state index contributed by atoms with van der Waals surface area (Å²) in [6.07, 6.45) is 0. The fourth-order valence-corrected chi connectivity index (χ4v) is 5.45. The number of aliphatic imine (C=N–C) groups is 1. The van der Waals surface area contributed by atoms with Crippen molar-refractivity contribution in [2.24, 2.45) is 4.99 Å². The van der Waals surface area contributed by atoms with E-state index in [0.29, 0.717) is 5.56 Å². The molecule has 0 spiro atoms. The number of aromatic nitrogens is 1. The molecule has 3 aliphatic rings. The summed E-state index contributed by atoms with van der Waals surface area (Å²) in [5.74, 6) is 0. The van der Waals surface area contributed by atoms with Crippen LogP contribution in [0.15, 0.2) is 101 Å². The highest BCUT2D eigenvalue weighted by Gasteiger charge is 2.19. The van der Waals surface area contributed by atoms with E-state index in [0.717, 1.165) is 60.9 Å². The molecule has 0 amide bonds. The Hall–Kier alpha value is -4.22. The predicted octanol–water partition coefficient (Wildman–Crippen LogP) is 6.40.